The Morgan fingerprint density at radius 2 is 1.83 bits per heavy atom. The monoisotopic (exact) mass is 483 g/mol. The van der Waals surface area contributed by atoms with Crippen LogP contribution in [-0.4, -0.2) is 33.5 Å². The highest BCUT2D eigenvalue weighted by atomic mass is 32.2. The summed E-state index contributed by atoms with van der Waals surface area (Å²) in [6, 6.07) is 21.1. The molecule has 0 saturated heterocycles. The zero-order valence-electron chi connectivity index (χ0n) is 18.8. The molecule has 9 heteroatoms. The molecule has 6 rings (SSSR count). The standard InChI is InChI=1S/C26H21N5O3S/c1-35-17-6-4-5-16(12-17)31-24(27)22(23-25(31)30-19-8-3-2-7-18(19)29-23)26(32)28-13-15-9-10-20-21(11-15)34-14-33-20/h2-12H,13-14,27H2,1H3,(H,28,32). The van der Waals surface area contributed by atoms with E-state index in [2.05, 4.69) is 5.32 Å². The van der Waals surface area contributed by atoms with Crippen LogP contribution in [0.5, 0.6) is 11.5 Å². The number of benzene rings is 3. The first-order chi connectivity index (χ1) is 17.1. The maximum absolute atomic E-state index is 13.5. The smallest absolute Gasteiger partial charge is 0.257 e. The van der Waals surface area contributed by atoms with Crippen molar-refractivity contribution >= 4 is 45.7 Å². The van der Waals surface area contributed by atoms with Crippen LogP contribution in [0.25, 0.3) is 27.9 Å². The zero-order chi connectivity index (χ0) is 23.9. The quantitative estimate of drug-likeness (QED) is 0.354. The summed E-state index contributed by atoms with van der Waals surface area (Å²) in [6.45, 7) is 0.496. The molecule has 1 amide bonds. The molecule has 0 radical (unpaired) electrons. The van der Waals surface area contributed by atoms with Crippen molar-refractivity contribution in [2.24, 2.45) is 0 Å². The number of hydrogen-bond acceptors (Lipinski definition) is 7. The second kappa shape index (κ2) is 8.52. The molecule has 0 saturated carbocycles. The Labute approximate surface area is 205 Å². The van der Waals surface area contributed by atoms with E-state index in [9.17, 15) is 4.79 Å². The van der Waals surface area contributed by atoms with Crippen molar-refractivity contribution in [3.8, 4) is 17.2 Å². The lowest BCUT2D eigenvalue weighted by molar-refractivity contribution is 0.0953. The van der Waals surface area contributed by atoms with Gasteiger partial charge in [-0.2, -0.15) is 0 Å². The Morgan fingerprint density at radius 1 is 1.03 bits per heavy atom. The van der Waals surface area contributed by atoms with E-state index in [1.807, 2.05) is 73.0 Å². The first kappa shape index (κ1) is 21.3. The Bertz CT molecular complexity index is 1610. The molecule has 35 heavy (non-hydrogen) atoms. The van der Waals surface area contributed by atoms with Gasteiger partial charge in [0, 0.05) is 11.4 Å². The van der Waals surface area contributed by atoms with Crippen LogP contribution < -0.4 is 20.5 Å². The molecule has 8 nitrogen and oxygen atoms in total. The van der Waals surface area contributed by atoms with Gasteiger partial charge in [0.1, 0.15) is 16.9 Å². The molecule has 0 fully saturated rings. The Morgan fingerprint density at radius 3 is 2.66 bits per heavy atom. The number of hydrogen-bond donors (Lipinski definition) is 2. The van der Waals surface area contributed by atoms with E-state index in [0.29, 0.717) is 40.3 Å². The van der Waals surface area contributed by atoms with Gasteiger partial charge in [0.2, 0.25) is 6.79 Å². The number of nitrogens with two attached hydrogens (primary N) is 1. The third-order valence-electron chi connectivity index (χ3n) is 5.93. The van der Waals surface area contributed by atoms with Crippen molar-refractivity contribution in [1.82, 2.24) is 19.9 Å². The summed E-state index contributed by atoms with van der Waals surface area (Å²) < 4.78 is 12.6. The highest BCUT2D eigenvalue weighted by Gasteiger charge is 2.25. The molecule has 0 aliphatic carbocycles. The van der Waals surface area contributed by atoms with Crippen LogP contribution in [0.3, 0.4) is 0 Å². The maximum Gasteiger partial charge on any atom is 0.257 e. The number of nitrogen functional groups attached to an aromatic ring is 1. The highest BCUT2D eigenvalue weighted by molar-refractivity contribution is 7.98. The first-order valence-electron chi connectivity index (χ1n) is 11.0. The normalized spacial score (nSPS) is 12.4. The number of carbonyl (C=O) groups excluding carboxylic acids is 1. The van der Waals surface area contributed by atoms with Gasteiger partial charge in [-0.15, -0.1) is 11.8 Å². The van der Waals surface area contributed by atoms with Crippen molar-refractivity contribution in [3.63, 3.8) is 0 Å². The fraction of sp³-hybridized carbons (Fsp3) is 0.115. The number of thioether (sulfide) groups is 1. The van der Waals surface area contributed by atoms with E-state index in [1.54, 1.807) is 16.3 Å². The van der Waals surface area contributed by atoms with Crippen LogP contribution in [0.1, 0.15) is 15.9 Å². The van der Waals surface area contributed by atoms with Gasteiger partial charge in [0.15, 0.2) is 17.1 Å². The number of rotatable bonds is 5. The minimum absolute atomic E-state index is 0.200. The lowest BCUT2D eigenvalue weighted by atomic mass is 10.2. The maximum atomic E-state index is 13.5. The molecule has 3 heterocycles. The number of nitrogens with one attached hydrogen (secondary N) is 1. The average molecular weight is 484 g/mol. The van der Waals surface area contributed by atoms with E-state index in [0.717, 1.165) is 21.7 Å². The molecule has 3 aromatic carbocycles. The third-order valence-corrected chi connectivity index (χ3v) is 6.65. The predicted octanol–water partition coefficient (Wildman–Crippen LogP) is 4.54. The molecular weight excluding hydrogens is 462 g/mol. The molecule has 1 aliphatic rings. The molecule has 0 bridgehead atoms. The molecule has 3 N–H and O–H groups in total. The van der Waals surface area contributed by atoms with E-state index < -0.39 is 0 Å². The first-order valence-corrected chi connectivity index (χ1v) is 12.2. The van der Waals surface area contributed by atoms with Gasteiger partial charge in [-0.1, -0.05) is 24.3 Å². The molecule has 0 atom stereocenters. The number of fused-ring (bicyclic) bond motifs is 3. The summed E-state index contributed by atoms with van der Waals surface area (Å²) in [5, 5.41) is 2.97. The zero-order valence-corrected chi connectivity index (χ0v) is 19.6. The van der Waals surface area contributed by atoms with Crippen molar-refractivity contribution in [2.45, 2.75) is 11.4 Å². The largest absolute Gasteiger partial charge is 0.454 e. The number of amides is 1. The highest BCUT2D eigenvalue weighted by Crippen LogP contribution is 2.34. The Hall–Kier alpha value is -4.24. The number of para-hydroxylation sites is 2. The third kappa shape index (κ3) is 3.70. The van der Waals surface area contributed by atoms with Crippen LogP contribution in [-0.2, 0) is 6.54 Å². The Balaban J connectivity index is 1.45. The summed E-state index contributed by atoms with van der Waals surface area (Å²) in [7, 11) is 0. The summed E-state index contributed by atoms with van der Waals surface area (Å²) in [6.07, 6.45) is 2.01. The number of nitrogens with zero attached hydrogens (tertiary/aromatic N) is 3. The van der Waals surface area contributed by atoms with Crippen molar-refractivity contribution in [1.29, 1.82) is 0 Å². The Kier molecular flexibility index (Phi) is 5.18. The fourth-order valence-corrected chi connectivity index (χ4v) is 4.67. The second-order valence-electron chi connectivity index (χ2n) is 8.05. The summed E-state index contributed by atoms with van der Waals surface area (Å²) in [4.78, 5) is 24.2. The van der Waals surface area contributed by atoms with E-state index in [4.69, 9.17) is 25.2 Å². The van der Waals surface area contributed by atoms with Gasteiger partial charge in [-0.3, -0.25) is 9.36 Å². The lowest BCUT2D eigenvalue weighted by Gasteiger charge is -2.09. The minimum atomic E-state index is -0.325. The van der Waals surface area contributed by atoms with Crippen LogP contribution in [0, 0.1) is 0 Å². The lowest BCUT2D eigenvalue weighted by Crippen LogP contribution is -2.24. The van der Waals surface area contributed by atoms with Crippen LogP contribution >= 0.6 is 11.8 Å². The minimum Gasteiger partial charge on any atom is -0.454 e. The van der Waals surface area contributed by atoms with Gasteiger partial charge in [0.05, 0.1) is 16.7 Å². The van der Waals surface area contributed by atoms with Crippen LogP contribution in [0.15, 0.2) is 71.6 Å². The second-order valence-corrected chi connectivity index (χ2v) is 8.93. The van der Waals surface area contributed by atoms with Gasteiger partial charge < -0.3 is 20.5 Å². The van der Waals surface area contributed by atoms with Crippen molar-refractivity contribution in [2.75, 3.05) is 18.8 Å². The van der Waals surface area contributed by atoms with Crippen LogP contribution in [0.2, 0.25) is 0 Å². The number of anilines is 1. The van der Waals surface area contributed by atoms with Crippen LogP contribution in [0.4, 0.5) is 5.82 Å². The summed E-state index contributed by atoms with van der Waals surface area (Å²) in [5.41, 5.74) is 11.0. The molecule has 0 unspecified atom stereocenters. The van der Waals surface area contributed by atoms with Crippen molar-refractivity contribution in [3.05, 3.63) is 77.9 Å². The molecule has 2 aromatic heterocycles. The van der Waals surface area contributed by atoms with Gasteiger partial charge >= 0.3 is 0 Å². The number of ether oxygens (including phenoxy) is 2. The molecule has 0 spiro atoms. The van der Waals surface area contributed by atoms with Gasteiger partial charge in [-0.05, 0) is 54.3 Å². The van der Waals surface area contributed by atoms with E-state index >= 15 is 0 Å². The summed E-state index contributed by atoms with van der Waals surface area (Å²) in [5.74, 6) is 1.33. The number of carbonyl (C=O) groups is 1. The molecule has 5 aromatic rings. The molecular formula is C26H21N5O3S. The SMILES string of the molecule is CSc1cccc(-n2c(N)c(C(=O)NCc3ccc4c(c3)OCO4)c3nc4ccccc4nc32)c1. The summed E-state index contributed by atoms with van der Waals surface area (Å²) >= 11 is 1.63. The fourth-order valence-electron chi connectivity index (χ4n) is 4.22. The van der Waals surface area contributed by atoms with E-state index in [-0.39, 0.29) is 18.5 Å². The topological polar surface area (TPSA) is 104 Å². The number of aromatic nitrogens is 3. The van der Waals surface area contributed by atoms with Gasteiger partial charge in [-0.25, -0.2) is 9.97 Å². The average Bonchev–Trinajstić information content (AvgIpc) is 3.46. The predicted molar refractivity (Wildman–Crippen MR) is 136 cm³/mol. The van der Waals surface area contributed by atoms with Crippen molar-refractivity contribution < 1.29 is 14.3 Å². The van der Waals surface area contributed by atoms with E-state index in [1.165, 1.54) is 0 Å². The van der Waals surface area contributed by atoms with Gasteiger partial charge in [0.25, 0.3) is 5.91 Å². The molecule has 174 valence electrons. The molecule has 1 aliphatic heterocycles.